The molecule has 2 aromatic rings. The molecule has 3 rings (SSSR count). The smallest absolute Gasteiger partial charge is 0.416 e. The van der Waals surface area contributed by atoms with E-state index in [0.717, 1.165) is 35.7 Å². The van der Waals surface area contributed by atoms with E-state index < -0.39 is 17.8 Å². The monoisotopic (exact) mass is 503 g/mol. The van der Waals surface area contributed by atoms with Crippen molar-refractivity contribution in [2.24, 2.45) is 0 Å². The van der Waals surface area contributed by atoms with Crippen molar-refractivity contribution in [1.29, 1.82) is 0 Å². The number of aromatic nitrogens is 1. The summed E-state index contributed by atoms with van der Waals surface area (Å²) in [4.78, 5) is 31.2. The number of halogens is 1. The lowest BCUT2D eigenvalue weighted by Crippen LogP contribution is -2.47. The molecule has 1 saturated carbocycles. The van der Waals surface area contributed by atoms with Crippen molar-refractivity contribution in [3.63, 3.8) is 0 Å². The summed E-state index contributed by atoms with van der Waals surface area (Å²) in [5.41, 5.74) is 0.392. The average molecular weight is 504 g/mol. The second-order valence-corrected chi connectivity index (χ2v) is 9.81. The summed E-state index contributed by atoms with van der Waals surface area (Å²) in [6.45, 7) is 5.72. The highest BCUT2D eigenvalue weighted by molar-refractivity contribution is 9.10. The van der Waals surface area contributed by atoms with E-state index in [2.05, 4.69) is 26.2 Å². The molecule has 1 fully saturated rings. The molecule has 0 spiro atoms. The van der Waals surface area contributed by atoms with Gasteiger partial charge in [-0.25, -0.2) is 14.6 Å². The minimum Gasteiger partial charge on any atom is -0.444 e. The maximum absolute atomic E-state index is 13.1. The Morgan fingerprint density at radius 3 is 2.38 bits per heavy atom. The van der Waals surface area contributed by atoms with Gasteiger partial charge >= 0.3 is 12.2 Å². The van der Waals surface area contributed by atoms with E-state index in [9.17, 15) is 9.59 Å². The van der Waals surface area contributed by atoms with Gasteiger partial charge in [0, 0.05) is 22.8 Å². The number of ether oxygens (including phenoxy) is 2. The summed E-state index contributed by atoms with van der Waals surface area (Å²) in [6.07, 6.45) is 3.76. The number of hydrogen-bond donors (Lipinski definition) is 1. The van der Waals surface area contributed by atoms with Gasteiger partial charge in [0.05, 0.1) is 0 Å². The molecule has 1 aliphatic carbocycles. The van der Waals surface area contributed by atoms with E-state index in [-0.39, 0.29) is 18.7 Å². The van der Waals surface area contributed by atoms with Gasteiger partial charge in [0.1, 0.15) is 18.0 Å². The van der Waals surface area contributed by atoms with Gasteiger partial charge in [0.2, 0.25) is 0 Å². The first kappa shape index (κ1) is 24.0. The molecule has 2 amide bonds. The highest BCUT2D eigenvalue weighted by atomic mass is 79.9. The number of nitrogens with one attached hydrogen (secondary N) is 1. The highest BCUT2D eigenvalue weighted by Gasteiger charge is 2.33. The van der Waals surface area contributed by atoms with Crippen LogP contribution in [-0.4, -0.2) is 34.9 Å². The summed E-state index contributed by atoms with van der Waals surface area (Å²) >= 11 is 3.39. The molecule has 172 valence electrons. The van der Waals surface area contributed by atoms with Gasteiger partial charge in [0.15, 0.2) is 0 Å². The molecule has 1 aromatic heterocycles. The Bertz CT molecular complexity index is 892. The molecule has 0 bridgehead atoms. The first-order valence-corrected chi connectivity index (χ1v) is 11.6. The van der Waals surface area contributed by atoms with Crippen LogP contribution in [0.1, 0.15) is 52.0 Å². The van der Waals surface area contributed by atoms with Gasteiger partial charge in [-0.05, 0) is 80.1 Å². The molecule has 0 aliphatic heterocycles. The van der Waals surface area contributed by atoms with Crippen LogP contribution >= 0.6 is 15.9 Å². The minimum atomic E-state index is -0.534. The summed E-state index contributed by atoms with van der Waals surface area (Å²) in [5.74, 6) is 0.551. The molecule has 0 radical (unpaired) electrons. The number of hydrogen-bond acceptors (Lipinski definition) is 5. The van der Waals surface area contributed by atoms with E-state index in [1.165, 1.54) is 0 Å². The van der Waals surface area contributed by atoms with Crippen LogP contribution < -0.4 is 10.2 Å². The zero-order chi connectivity index (χ0) is 23.1. The van der Waals surface area contributed by atoms with Crippen molar-refractivity contribution in [1.82, 2.24) is 10.3 Å². The summed E-state index contributed by atoms with van der Waals surface area (Å²) in [5, 5.41) is 2.94. The van der Waals surface area contributed by atoms with Gasteiger partial charge in [-0.3, -0.25) is 4.90 Å². The van der Waals surface area contributed by atoms with E-state index in [1.54, 1.807) is 17.2 Å². The lowest BCUT2D eigenvalue weighted by atomic mass is 9.90. The van der Waals surface area contributed by atoms with E-state index in [1.807, 2.05) is 57.2 Å². The number of nitrogens with zero attached hydrogens (tertiary/aromatic N) is 2. The number of carbonyl (C=O) groups excluding carboxylic acids is 2. The van der Waals surface area contributed by atoms with Crippen LogP contribution in [0.25, 0.3) is 0 Å². The number of pyridine rings is 1. The lowest BCUT2D eigenvalue weighted by molar-refractivity contribution is 0.0490. The molecule has 1 aliphatic rings. The van der Waals surface area contributed by atoms with Gasteiger partial charge in [-0.15, -0.1) is 0 Å². The molecular weight excluding hydrogens is 474 g/mol. The fourth-order valence-electron chi connectivity index (χ4n) is 3.68. The number of amides is 2. The normalized spacial score (nSPS) is 18.5. The molecule has 0 atom stereocenters. The third-order valence-corrected chi connectivity index (χ3v) is 5.61. The SMILES string of the molecule is CC(C)(C)OC(=O)NC1CCC(N(C(=O)OCc2ccccc2)c2ccc(Br)cn2)CC1. The molecule has 32 heavy (non-hydrogen) atoms. The topological polar surface area (TPSA) is 80.8 Å². The Hall–Kier alpha value is -2.61. The van der Waals surface area contributed by atoms with Crippen molar-refractivity contribution in [3.8, 4) is 0 Å². The van der Waals surface area contributed by atoms with Crippen LogP contribution in [0, 0.1) is 0 Å². The average Bonchev–Trinajstić information content (AvgIpc) is 2.74. The molecular formula is C24H30BrN3O4. The number of rotatable bonds is 5. The number of alkyl carbamates (subject to hydrolysis) is 1. The highest BCUT2D eigenvalue weighted by Crippen LogP contribution is 2.28. The molecule has 1 heterocycles. The quantitative estimate of drug-likeness (QED) is 0.555. The number of anilines is 1. The van der Waals surface area contributed by atoms with Crippen molar-refractivity contribution in [2.45, 2.75) is 70.7 Å². The number of carbonyl (C=O) groups is 2. The Kier molecular flexibility index (Phi) is 8.12. The second-order valence-electron chi connectivity index (χ2n) is 8.90. The van der Waals surface area contributed by atoms with Gasteiger partial charge in [-0.2, -0.15) is 0 Å². The lowest BCUT2D eigenvalue weighted by Gasteiger charge is -2.36. The third kappa shape index (κ3) is 7.22. The van der Waals surface area contributed by atoms with Crippen LogP contribution in [0.5, 0.6) is 0 Å². The van der Waals surface area contributed by atoms with Crippen LogP contribution in [0.2, 0.25) is 0 Å². The molecule has 1 aromatic carbocycles. The second kappa shape index (κ2) is 10.8. The minimum absolute atomic E-state index is 0.0150. The fraction of sp³-hybridized carbons (Fsp3) is 0.458. The molecule has 8 heteroatoms. The Labute approximate surface area is 197 Å². The van der Waals surface area contributed by atoms with Crippen LogP contribution in [0.15, 0.2) is 53.1 Å². The summed E-state index contributed by atoms with van der Waals surface area (Å²) < 4.78 is 11.8. The Balaban J connectivity index is 1.64. The fourth-order valence-corrected chi connectivity index (χ4v) is 3.92. The van der Waals surface area contributed by atoms with E-state index in [4.69, 9.17) is 9.47 Å². The van der Waals surface area contributed by atoms with Crippen molar-refractivity contribution in [2.75, 3.05) is 4.90 Å². The predicted molar refractivity (Wildman–Crippen MR) is 126 cm³/mol. The maximum atomic E-state index is 13.1. The van der Waals surface area contributed by atoms with Crippen molar-refractivity contribution in [3.05, 3.63) is 58.7 Å². The van der Waals surface area contributed by atoms with Crippen molar-refractivity contribution < 1.29 is 19.1 Å². The first-order valence-electron chi connectivity index (χ1n) is 10.8. The van der Waals surface area contributed by atoms with Gasteiger partial charge in [0.25, 0.3) is 0 Å². The zero-order valence-corrected chi connectivity index (χ0v) is 20.3. The molecule has 0 unspecified atom stereocenters. The van der Waals surface area contributed by atoms with Crippen LogP contribution in [0.4, 0.5) is 15.4 Å². The van der Waals surface area contributed by atoms with E-state index in [0.29, 0.717) is 5.82 Å². The standard InChI is InChI=1S/C24H30BrN3O4/c1-24(2,3)32-22(29)27-19-10-12-20(13-11-19)28(21-14-9-18(25)15-26-21)23(30)31-16-17-7-5-4-6-8-17/h4-9,14-15,19-20H,10-13,16H2,1-3H3,(H,27,29). The molecule has 7 nitrogen and oxygen atoms in total. The summed E-state index contributed by atoms with van der Waals surface area (Å²) in [6, 6.07) is 13.2. The number of benzene rings is 1. The van der Waals surface area contributed by atoms with E-state index >= 15 is 0 Å². The van der Waals surface area contributed by atoms with Gasteiger partial charge in [-0.1, -0.05) is 30.3 Å². The maximum Gasteiger partial charge on any atom is 0.416 e. The predicted octanol–water partition coefficient (Wildman–Crippen LogP) is 5.82. The molecule has 1 N–H and O–H groups in total. The Morgan fingerprint density at radius 1 is 1.09 bits per heavy atom. The summed E-state index contributed by atoms with van der Waals surface area (Å²) in [7, 11) is 0. The molecule has 0 saturated heterocycles. The third-order valence-electron chi connectivity index (χ3n) is 5.14. The van der Waals surface area contributed by atoms with Gasteiger partial charge < -0.3 is 14.8 Å². The van der Waals surface area contributed by atoms with Crippen molar-refractivity contribution >= 4 is 33.9 Å². The first-order chi connectivity index (χ1) is 15.2. The zero-order valence-electron chi connectivity index (χ0n) is 18.7. The van der Waals surface area contributed by atoms with Crippen LogP contribution in [0.3, 0.4) is 0 Å². The Morgan fingerprint density at radius 2 is 1.78 bits per heavy atom. The largest absolute Gasteiger partial charge is 0.444 e. The van der Waals surface area contributed by atoms with Crippen LogP contribution in [-0.2, 0) is 16.1 Å².